The fourth-order valence-electron chi connectivity index (χ4n) is 3.15. The molecule has 0 aromatic heterocycles. The van der Waals surface area contributed by atoms with E-state index >= 15 is 0 Å². The maximum absolute atomic E-state index is 11.9. The monoisotopic (exact) mass is 283 g/mol. The summed E-state index contributed by atoms with van der Waals surface area (Å²) in [5.41, 5.74) is 5.84. The molecule has 0 spiro atoms. The highest BCUT2D eigenvalue weighted by Gasteiger charge is 2.33. The summed E-state index contributed by atoms with van der Waals surface area (Å²) in [7, 11) is 0. The van der Waals surface area contributed by atoms with Crippen molar-refractivity contribution in [3.8, 4) is 0 Å². The predicted octanol–water partition coefficient (Wildman–Crippen LogP) is 1.99. The second-order valence-corrected chi connectivity index (χ2v) is 7.28. The highest BCUT2D eigenvalue weighted by molar-refractivity contribution is 5.81. The van der Waals surface area contributed by atoms with Gasteiger partial charge in [0.15, 0.2) is 0 Å². The lowest BCUT2D eigenvalue weighted by Gasteiger charge is -2.45. The largest absolute Gasteiger partial charge is 0.353 e. The number of piperidine rings is 1. The van der Waals surface area contributed by atoms with Crippen LogP contribution in [0, 0.1) is 11.8 Å². The van der Waals surface area contributed by atoms with Crippen molar-refractivity contribution in [3.05, 3.63) is 0 Å². The van der Waals surface area contributed by atoms with Crippen molar-refractivity contribution < 1.29 is 4.79 Å². The van der Waals surface area contributed by atoms with Gasteiger partial charge in [0.1, 0.15) is 0 Å². The molecule has 1 saturated heterocycles. The van der Waals surface area contributed by atoms with E-state index in [2.05, 4.69) is 37.9 Å². The number of nitrogens with two attached hydrogens (primary N) is 1. The molecular formula is C16H33N3O. The standard InChI is InChI=1S/C16H33N3O/c1-6-7-14(17)15(20)18-11-16(4,5)19-9-12(2)8-13(3)10-19/h12-14H,6-11,17H2,1-5H3,(H,18,20). The number of nitrogens with zero attached hydrogens (tertiary/aromatic N) is 1. The van der Waals surface area contributed by atoms with Gasteiger partial charge >= 0.3 is 0 Å². The summed E-state index contributed by atoms with van der Waals surface area (Å²) in [5, 5.41) is 3.03. The highest BCUT2D eigenvalue weighted by Crippen LogP contribution is 2.26. The molecule has 3 atom stereocenters. The van der Waals surface area contributed by atoms with E-state index in [-0.39, 0.29) is 17.5 Å². The summed E-state index contributed by atoms with van der Waals surface area (Å²) in [6.07, 6.45) is 3.00. The van der Waals surface area contributed by atoms with E-state index in [1.54, 1.807) is 0 Å². The van der Waals surface area contributed by atoms with Crippen LogP contribution in [-0.2, 0) is 4.79 Å². The first-order valence-electron chi connectivity index (χ1n) is 8.04. The average Bonchev–Trinajstić information content (AvgIpc) is 2.35. The molecule has 0 bridgehead atoms. The minimum absolute atomic E-state index is 0.00939. The van der Waals surface area contributed by atoms with Crippen LogP contribution >= 0.6 is 0 Å². The summed E-state index contributed by atoms with van der Waals surface area (Å²) in [6.45, 7) is 14.0. The van der Waals surface area contributed by atoms with E-state index in [1.807, 2.05) is 6.92 Å². The Morgan fingerprint density at radius 2 is 1.90 bits per heavy atom. The van der Waals surface area contributed by atoms with E-state index in [0.29, 0.717) is 6.54 Å². The zero-order chi connectivity index (χ0) is 15.3. The second kappa shape index (κ2) is 7.41. The molecule has 1 aliphatic rings. The van der Waals surface area contributed by atoms with Crippen molar-refractivity contribution in [2.24, 2.45) is 17.6 Å². The molecule has 0 aliphatic carbocycles. The molecule has 4 nitrogen and oxygen atoms in total. The fraction of sp³-hybridized carbons (Fsp3) is 0.938. The Morgan fingerprint density at radius 3 is 2.40 bits per heavy atom. The summed E-state index contributed by atoms with van der Waals surface area (Å²) in [4.78, 5) is 14.4. The molecule has 118 valence electrons. The van der Waals surface area contributed by atoms with Crippen LogP contribution in [0.1, 0.15) is 53.9 Å². The minimum Gasteiger partial charge on any atom is -0.353 e. The molecule has 3 unspecified atom stereocenters. The summed E-state index contributed by atoms with van der Waals surface area (Å²) >= 11 is 0. The van der Waals surface area contributed by atoms with Crippen LogP contribution in [-0.4, -0.2) is 42.0 Å². The Bertz CT molecular complexity index is 307. The summed E-state index contributed by atoms with van der Waals surface area (Å²) < 4.78 is 0. The highest BCUT2D eigenvalue weighted by atomic mass is 16.2. The summed E-state index contributed by atoms with van der Waals surface area (Å²) in [5.74, 6) is 1.45. The van der Waals surface area contributed by atoms with Crippen molar-refractivity contribution in [2.75, 3.05) is 19.6 Å². The van der Waals surface area contributed by atoms with Crippen LogP contribution in [0.5, 0.6) is 0 Å². The van der Waals surface area contributed by atoms with Gasteiger partial charge in [-0.05, 0) is 38.5 Å². The predicted molar refractivity (Wildman–Crippen MR) is 84.5 cm³/mol. The van der Waals surface area contributed by atoms with Crippen molar-refractivity contribution in [2.45, 2.75) is 65.5 Å². The molecule has 4 heteroatoms. The van der Waals surface area contributed by atoms with Crippen LogP contribution in [0.25, 0.3) is 0 Å². The van der Waals surface area contributed by atoms with E-state index in [1.165, 1.54) is 6.42 Å². The lowest BCUT2D eigenvalue weighted by Crippen LogP contribution is -2.57. The number of amides is 1. The molecule has 20 heavy (non-hydrogen) atoms. The number of carbonyl (C=O) groups is 1. The second-order valence-electron chi connectivity index (χ2n) is 7.28. The number of carbonyl (C=O) groups excluding carboxylic acids is 1. The molecule has 0 aromatic carbocycles. The van der Waals surface area contributed by atoms with Crippen molar-refractivity contribution in [3.63, 3.8) is 0 Å². The van der Waals surface area contributed by atoms with Crippen LogP contribution < -0.4 is 11.1 Å². The number of hydrogen-bond donors (Lipinski definition) is 2. The van der Waals surface area contributed by atoms with E-state index in [4.69, 9.17) is 5.73 Å². The first-order valence-corrected chi connectivity index (χ1v) is 8.04. The lowest BCUT2D eigenvalue weighted by atomic mass is 9.88. The van der Waals surface area contributed by atoms with Gasteiger partial charge in [-0.1, -0.05) is 27.2 Å². The third-order valence-corrected chi connectivity index (χ3v) is 4.36. The third kappa shape index (κ3) is 5.06. The van der Waals surface area contributed by atoms with Gasteiger partial charge in [-0.25, -0.2) is 0 Å². The molecule has 1 fully saturated rings. The zero-order valence-electron chi connectivity index (χ0n) is 13.9. The average molecular weight is 283 g/mol. The van der Waals surface area contributed by atoms with Crippen molar-refractivity contribution in [1.82, 2.24) is 10.2 Å². The molecule has 0 aromatic rings. The topological polar surface area (TPSA) is 58.4 Å². The molecule has 1 amide bonds. The Kier molecular flexibility index (Phi) is 6.46. The van der Waals surface area contributed by atoms with E-state index in [0.717, 1.165) is 37.8 Å². The molecule has 3 N–H and O–H groups in total. The lowest BCUT2D eigenvalue weighted by molar-refractivity contribution is -0.123. The van der Waals surface area contributed by atoms with Crippen molar-refractivity contribution in [1.29, 1.82) is 0 Å². The molecule has 0 saturated carbocycles. The van der Waals surface area contributed by atoms with Gasteiger partial charge in [-0.15, -0.1) is 0 Å². The van der Waals surface area contributed by atoms with E-state index < -0.39 is 0 Å². The Hall–Kier alpha value is -0.610. The maximum Gasteiger partial charge on any atom is 0.236 e. The van der Waals surface area contributed by atoms with Gasteiger partial charge in [-0.3, -0.25) is 9.69 Å². The van der Waals surface area contributed by atoms with Gasteiger partial charge in [0.2, 0.25) is 5.91 Å². The summed E-state index contributed by atoms with van der Waals surface area (Å²) in [6, 6.07) is -0.366. The van der Waals surface area contributed by atoms with E-state index in [9.17, 15) is 4.79 Å². The minimum atomic E-state index is -0.366. The fourth-order valence-corrected chi connectivity index (χ4v) is 3.15. The van der Waals surface area contributed by atoms with Gasteiger partial charge in [0, 0.05) is 25.2 Å². The van der Waals surface area contributed by atoms with Gasteiger partial charge in [0.25, 0.3) is 0 Å². The van der Waals surface area contributed by atoms with Crippen LogP contribution in [0.2, 0.25) is 0 Å². The van der Waals surface area contributed by atoms with Crippen LogP contribution in [0.4, 0.5) is 0 Å². The Morgan fingerprint density at radius 1 is 1.35 bits per heavy atom. The smallest absolute Gasteiger partial charge is 0.236 e. The first-order chi connectivity index (χ1) is 9.26. The quantitative estimate of drug-likeness (QED) is 0.784. The normalized spacial score (nSPS) is 26.3. The van der Waals surface area contributed by atoms with Crippen LogP contribution in [0.15, 0.2) is 0 Å². The zero-order valence-corrected chi connectivity index (χ0v) is 13.9. The Balaban J connectivity index is 2.50. The Labute approximate surface area is 124 Å². The van der Waals surface area contributed by atoms with Gasteiger partial charge in [-0.2, -0.15) is 0 Å². The molecule has 0 radical (unpaired) electrons. The molecular weight excluding hydrogens is 250 g/mol. The SMILES string of the molecule is CCCC(N)C(=O)NCC(C)(C)N1CC(C)CC(C)C1. The van der Waals surface area contributed by atoms with Crippen LogP contribution in [0.3, 0.4) is 0 Å². The van der Waals surface area contributed by atoms with Crippen molar-refractivity contribution >= 4 is 5.91 Å². The van der Waals surface area contributed by atoms with Gasteiger partial charge in [0.05, 0.1) is 6.04 Å². The first kappa shape index (κ1) is 17.4. The number of likely N-dealkylation sites (tertiary alicyclic amines) is 1. The number of nitrogens with one attached hydrogen (secondary N) is 1. The molecule has 1 aliphatic heterocycles. The molecule has 1 rings (SSSR count). The van der Waals surface area contributed by atoms with Gasteiger partial charge < -0.3 is 11.1 Å². The third-order valence-electron chi connectivity index (χ3n) is 4.36. The molecule has 1 heterocycles. The number of hydrogen-bond acceptors (Lipinski definition) is 3. The number of rotatable bonds is 6. The maximum atomic E-state index is 11.9.